The van der Waals surface area contributed by atoms with Gasteiger partial charge < -0.3 is 5.73 Å². The number of nitrogens with two attached hydrogens (primary N) is 1. The van der Waals surface area contributed by atoms with Gasteiger partial charge in [-0.05, 0) is 23.8 Å². The van der Waals surface area contributed by atoms with E-state index >= 15 is 0 Å². The van der Waals surface area contributed by atoms with Crippen LogP contribution in [0.1, 0.15) is 11.1 Å². The third-order valence-corrected chi connectivity index (χ3v) is 2.11. The Labute approximate surface area is 87.1 Å². The van der Waals surface area contributed by atoms with E-state index in [1.807, 2.05) is 6.07 Å². The summed E-state index contributed by atoms with van der Waals surface area (Å²) in [5.41, 5.74) is 7.32. The zero-order valence-electron chi connectivity index (χ0n) is 7.46. The van der Waals surface area contributed by atoms with Crippen LogP contribution in [0, 0.1) is 11.3 Å². The molecule has 0 amide bonds. The summed E-state index contributed by atoms with van der Waals surface area (Å²) in [4.78, 5) is 11.1. The number of Topliss-reactive ketones (excluding diaryl/α,β-unsaturated/α-hetero) is 1. The van der Waals surface area contributed by atoms with Crippen LogP contribution in [-0.4, -0.2) is 11.7 Å². The van der Waals surface area contributed by atoms with E-state index in [2.05, 4.69) is 0 Å². The SMILES string of the molecule is N#Cc1ccc(N)c(CC(=O)CCl)c1. The number of halogens is 1. The van der Waals surface area contributed by atoms with Gasteiger partial charge in [0, 0.05) is 12.1 Å². The van der Waals surface area contributed by atoms with E-state index < -0.39 is 0 Å². The number of nitrogens with zero attached hydrogens (tertiary/aromatic N) is 1. The lowest BCUT2D eigenvalue weighted by molar-refractivity contribution is -0.116. The molecule has 72 valence electrons. The Balaban J connectivity index is 2.96. The van der Waals surface area contributed by atoms with Gasteiger partial charge in [0.1, 0.15) is 0 Å². The number of anilines is 1. The summed E-state index contributed by atoms with van der Waals surface area (Å²) < 4.78 is 0. The van der Waals surface area contributed by atoms with Crippen LogP contribution in [-0.2, 0) is 11.2 Å². The Hall–Kier alpha value is -1.53. The van der Waals surface area contributed by atoms with Crippen molar-refractivity contribution in [2.45, 2.75) is 6.42 Å². The third-order valence-electron chi connectivity index (χ3n) is 1.81. The maximum absolute atomic E-state index is 11.1. The molecule has 0 radical (unpaired) electrons. The number of hydrogen-bond donors (Lipinski definition) is 1. The average Bonchev–Trinajstić information content (AvgIpc) is 2.21. The van der Waals surface area contributed by atoms with Crippen molar-refractivity contribution in [2.75, 3.05) is 11.6 Å². The second kappa shape index (κ2) is 4.64. The van der Waals surface area contributed by atoms with E-state index in [1.165, 1.54) is 0 Å². The zero-order chi connectivity index (χ0) is 10.6. The molecular formula is C10H9ClN2O. The molecule has 0 atom stereocenters. The first kappa shape index (κ1) is 10.6. The predicted octanol–water partition coefficient (Wildman–Crippen LogP) is 1.49. The summed E-state index contributed by atoms with van der Waals surface area (Å²) in [7, 11) is 0. The largest absolute Gasteiger partial charge is 0.398 e. The fourth-order valence-electron chi connectivity index (χ4n) is 1.09. The fourth-order valence-corrected chi connectivity index (χ4v) is 1.18. The summed E-state index contributed by atoms with van der Waals surface area (Å²) in [6.07, 6.45) is 0.185. The molecule has 1 aromatic carbocycles. The van der Waals surface area contributed by atoms with Gasteiger partial charge in [-0.3, -0.25) is 4.79 Å². The molecule has 1 aromatic rings. The first-order valence-corrected chi connectivity index (χ1v) is 4.57. The highest BCUT2D eigenvalue weighted by molar-refractivity contribution is 6.27. The minimum absolute atomic E-state index is 0.0315. The minimum atomic E-state index is -0.103. The molecule has 4 heteroatoms. The predicted molar refractivity (Wildman–Crippen MR) is 55.0 cm³/mol. The number of benzene rings is 1. The average molecular weight is 209 g/mol. The molecule has 0 aliphatic heterocycles. The number of nitrogen functional groups attached to an aromatic ring is 1. The maximum Gasteiger partial charge on any atom is 0.152 e. The van der Waals surface area contributed by atoms with Crippen LogP contribution in [0.3, 0.4) is 0 Å². The van der Waals surface area contributed by atoms with Crippen LogP contribution in [0.4, 0.5) is 5.69 Å². The van der Waals surface area contributed by atoms with Crippen molar-refractivity contribution in [1.29, 1.82) is 5.26 Å². The molecule has 0 aromatic heterocycles. The van der Waals surface area contributed by atoms with Gasteiger partial charge in [0.05, 0.1) is 17.5 Å². The van der Waals surface area contributed by atoms with Gasteiger partial charge in [0.25, 0.3) is 0 Å². The third kappa shape index (κ3) is 2.48. The highest BCUT2D eigenvalue weighted by Crippen LogP contribution is 2.14. The van der Waals surface area contributed by atoms with E-state index in [-0.39, 0.29) is 18.1 Å². The first-order chi connectivity index (χ1) is 6.67. The van der Waals surface area contributed by atoms with E-state index in [4.69, 9.17) is 22.6 Å². The fraction of sp³-hybridized carbons (Fsp3) is 0.200. The van der Waals surface area contributed by atoms with Gasteiger partial charge >= 0.3 is 0 Å². The smallest absolute Gasteiger partial charge is 0.152 e. The number of rotatable bonds is 3. The molecular weight excluding hydrogens is 200 g/mol. The number of ketones is 1. The van der Waals surface area contributed by atoms with Gasteiger partial charge in [0.15, 0.2) is 5.78 Å². The standard InChI is InChI=1S/C10H9ClN2O/c11-5-9(14)4-8-3-7(6-12)1-2-10(8)13/h1-3H,4-5,13H2. The molecule has 0 unspecified atom stereocenters. The Morgan fingerprint density at radius 1 is 1.57 bits per heavy atom. The lowest BCUT2D eigenvalue weighted by Gasteiger charge is -2.03. The molecule has 0 saturated carbocycles. The highest BCUT2D eigenvalue weighted by atomic mass is 35.5. The van der Waals surface area contributed by atoms with Crippen LogP contribution in [0.15, 0.2) is 18.2 Å². The molecule has 2 N–H and O–H groups in total. The van der Waals surface area contributed by atoms with Gasteiger partial charge in [-0.2, -0.15) is 5.26 Å². The quantitative estimate of drug-likeness (QED) is 0.605. The van der Waals surface area contributed by atoms with Crippen molar-refractivity contribution >= 4 is 23.1 Å². The molecule has 0 spiro atoms. The molecule has 0 fully saturated rings. The Kier molecular flexibility index (Phi) is 3.49. The second-order valence-corrected chi connectivity index (χ2v) is 3.14. The van der Waals surface area contributed by atoms with E-state index in [9.17, 15) is 4.79 Å². The van der Waals surface area contributed by atoms with Crippen molar-refractivity contribution in [2.24, 2.45) is 0 Å². The monoisotopic (exact) mass is 208 g/mol. The van der Waals surface area contributed by atoms with Crippen LogP contribution in [0.25, 0.3) is 0 Å². The topological polar surface area (TPSA) is 66.9 Å². The molecule has 1 rings (SSSR count). The first-order valence-electron chi connectivity index (χ1n) is 4.03. The molecule has 0 aliphatic carbocycles. The summed E-state index contributed by atoms with van der Waals surface area (Å²) >= 11 is 5.37. The molecule has 0 saturated heterocycles. The van der Waals surface area contributed by atoms with E-state index in [1.54, 1.807) is 18.2 Å². The molecule has 0 heterocycles. The zero-order valence-corrected chi connectivity index (χ0v) is 8.21. The minimum Gasteiger partial charge on any atom is -0.398 e. The van der Waals surface area contributed by atoms with Crippen LogP contribution in [0.2, 0.25) is 0 Å². The second-order valence-electron chi connectivity index (χ2n) is 2.87. The van der Waals surface area contributed by atoms with Crippen molar-refractivity contribution in [3.63, 3.8) is 0 Å². The lowest BCUT2D eigenvalue weighted by atomic mass is 10.0. The van der Waals surface area contributed by atoms with E-state index in [0.29, 0.717) is 16.8 Å². The molecule has 3 nitrogen and oxygen atoms in total. The maximum atomic E-state index is 11.1. The summed E-state index contributed by atoms with van der Waals surface area (Å²) in [6.45, 7) is 0. The van der Waals surface area contributed by atoms with Gasteiger partial charge in [-0.1, -0.05) is 0 Å². The van der Waals surface area contributed by atoms with Gasteiger partial charge in [-0.15, -0.1) is 11.6 Å². The molecule has 0 bridgehead atoms. The number of carbonyl (C=O) groups is 1. The van der Waals surface area contributed by atoms with E-state index in [0.717, 1.165) is 0 Å². The number of nitriles is 1. The van der Waals surface area contributed by atoms with Crippen molar-refractivity contribution in [3.8, 4) is 6.07 Å². The normalized spacial score (nSPS) is 9.43. The molecule has 14 heavy (non-hydrogen) atoms. The van der Waals surface area contributed by atoms with Gasteiger partial charge in [-0.25, -0.2) is 0 Å². The van der Waals surface area contributed by atoms with Gasteiger partial charge in [0.2, 0.25) is 0 Å². The van der Waals surface area contributed by atoms with Crippen molar-refractivity contribution < 1.29 is 4.79 Å². The molecule has 0 aliphatic rings. The summed E-state index contributed by atoms with van der Waals surface area (Å²) in [5.74, 6) is -0.135. The number of carbonyl (C=O) groups excluding carboxylic acids is 1. The Morgan fingerprint density at radius 2 is 2.29 bits per heavy atom. The Bertz CT molecular complexity index is 396. The van der Waals surface area contributed by atoms with Crippen molar-refractivity contribution in [1.82, 2.24) is 0 Å². The Morgan fingerprint density at radius 3 is 2.86 bits per heavy atom. The summed E-state index contributed by atoms with van der Waals surface area (Å²) in [6, 6.07) is 6.83. The van der Waals surface area contributed by atoms with Crippen LogP contribution < -0.4 is 5.73 Å². The van der Waals surface area contributed by atoms with Crippen molar-refractivity contribution in [3.05, 3.63) is 29.3 Å². The highest BCUT2D eigenvalue weighted by Gasteiger charge is 2.06. The lowest BCUT2D eigenvalue weighted by Crippen LogP contribution is -2.06. The summed E-state index contributed by atoms with van der Waals surface area (Å²) in [5, 5.41) is 8.64. The van der Waals surface area contributed by atoms with Crippen LogP contribution in [0.5, 0.6) is 0 Å². The number of hydrogen-bond acceptors (Lipinski definition) is 3. The van der Waals surface area contributed by atoms with Crippen LogP contribution >= 0.6 is 11.6 Å². The number of alkyl halides is 1.